The molecule has 106 valence electrons. The number of amides is 3. The van der Waals surface area contributed by atoms with Crippen LogP contribution in [0.5, 0.6) is 0 Å². The highest BCUT2D eigenvalue weighted by molar-refractivity contribution is 6.02. The summed E-state index contributed by atoms with van der Waals surface area (Å²) in [5, 5.41) is 9.49. The van der Waals surface area contributed by atoms with Crippen LogP contribution in [0.25, 0.3) is 0 Å². The van der Waals surface area contributed by atoms with Crippen molar-refractivity contribution in [1.29, 1.82) is 0 Å². The van der Waals surface area contributed by atoms with Crippen LogP contribution in [0.2, 0.25) is 0 Å². The van der Waals surface area contributed by atoms with Crippen LogP contribution in [-0.4, -0.2) is 58.4 Å². The third-order valence-electron chi connectivity index (χ3n) is 3.96. The van der Waals surface area contributed by atoms with Gasteiger partial charge in [-0.1, -0.05) is 0 Å². The first-order chi connectivity index (χ1) is 8.99. The fourth-order valence-corrected chi connectivity index (χ4v) is 2.65. The quantitative estimate of drug-likeness (QED) is 0.713. The van der Waals surface area contributed by atoms with Crippen LogP contribution < -0.4 is 0 Å². The third-order valence-corrected chi connectivity index (χ3v) is 3.96. The number of nitrogens with zero attached hydrogens (tertiary/aromatic N) is 2. The number of imide groups is 1. The summed E-state index contributed by atoms with van der Waals surface area (Å²) < 4.78 is 0. The Hall–Kier alpha value is -1.43. The minimum Gasteiger partial charge on any atom is -0.393 e. The predicted molar refractivity (Wildman–Crippen MR) is 66.9 cm³/mol. The van der Waals surface area contributed by atoms with Gasteiger partial charge >= 0.3 is 0 Å². The van der Waals surface area contributed by atoms with E-state index in [1.807, 2.05) is 0 Å². The Balaban J connectivity index is 1.79. The highest BCUT2D eigenvalue weighted by Crippen LogP contribution is 2.20. The molecule has 0 aliphatic carbocycles. The molecule has 2 saturated heterocycles. The number of carbonyl (C=O) groups excluding carboxylic acids is 3. The van der Waals surface area contributed by atoms with Crippen molar-refractivity contribution in [2.45, 2.75) is 38.7 Å². The molecule has 2 atom stereocenters. The van der Waals surface area contributed by atoms with Crippen molar-refractivity contribution in [3.8, 4) is 0 Å². The molecule has 6 nitrogen and oxygen atoms in total. The van der Waals surface area contributed by atoms with E-state index in [1.165, 1.54) is 4.90 Å². The van der Waals surface area contributed by atoms with Gasteiger partial charge in [0.05, 0.1) is 6.10 Å². The lowest BCUT2D eigenvalue weighted by Gasteiger charge is -2.19. The standard InChI is InChI=1S/C13H20N2O4/c1-9(16)10-4-6-14(8-10)11(17)5-7-15-12(18)2-3-13(15)19/h9-10,16H,2-8H2,1H3. The van der Waals surface area contributed by atoms with Crippen molar-refractivity contribution in [2.24, 2.45) is 5.92 Å². The first-order valence-electron chi connectivity index (χ1n) is 6.78. The summed E-state index contributed by atoms with van der Waals surface area (Å²) in [6, 6.07) is 0. The molecule has 0 aromatic carbocycles. The Kier molecular flexibility index (Phi) is 4.19. The van der Waals surface area contributed by atoms with Crippen LogP contribution in [0.4, 0.5) is 0 Å². The minimum absolute atomic E-state index is 0.0457. The first kappa shape index (κ1) is 14.0. The molecule has 2 rings (SSSR count). The van der Waals surface area contributed by atoms with Gasteiger partial charge in [0.2, 0.25) is 17.7 Å². The number of rotatable bonds is 4. The molecule has 0 radical (unpaired) electrons. The van der Waals surface area contributed by atoms with Gasteiger partial charge in [-0.2, -0.15) is 0 Å². The zero-order chi connectivity index (χ0) is 14.0. The molecular formula is C13H20N2O4. The van der Waals surface area contributed by atoms with E-state index in [0.29, 0.717) is 13.1 Å². The molecule has 1 N–H and O–H groups in total. The molecule has 0 spiro atoms. The smallest absolute Gasteiger partial charge is 0.229 e. The Morgan fingerprint density at radius 2 is 2.00 bits per heavy atom. The summed E-state index contributed by atoms with van der Waals surface area (Å²) in [4.78, 5) is 37.7. The zero-order valence-electron chi connectivity index (χ0n) is 11.2. The van der Waals surface area contributed by atoms with Gasteiger partial charge in [0.15, 0.2) is 0 Å². The summed E-state index contributed by atoms with van der Waals surface area (Å²) in [5.41, 5.74) is 0. The third kappa shape index (κ3) is 3.12. The number of aliphatic hydroxyl groups is 1. The zero-order valence-corrected chi connectivity index (χ0v) is 11.2. The van der Waals surface area contributed by atoms with Gasteiger partial charge in [-0.15, -0.1) is 0 Å². The summed E-state index contributed by atoms with van der Waals surface area (Å²) in [6.45, 7) is 3.14. The topological polar surface area (TPSA) is 77.9 Å². The van der Waals surface area contributed by atoms with Crippen molar-refractivity contribution in [2.75, 3.05) is 19.6 Å². The molecule has 0 aromatic rings. The molecule has 2 aliphatic rings. The molecular weight excluding hydrogens is 248 g/mol. The summed E-state index contributed by atoms with van der Waals surface area (Å²) in [6.07, 6.45) is 1.12. The largest absolute Gasteiger partial charge is 0.393 e. The normalized spacial score (nSPS) is 25.3. The second kappa shape index (κ2) is 5.69. The van der Waals surface area contributed by atoms with Gasteiger partial charge in [0, 0.05) is 44.8 Å². The maximum absolute atomic E-state index is 12.0. The van der Waals surface area contributed by atoms with Gasteiger partial charge in [-0.3, -0.25) is 19.3 Å². The average Bonchev–Trinajstić information content (AvgIpc) is 2.95. The fraction of sp³-hybridized carbons (Fsp3) is 0.769. The average molecular weight is 268 g/mol. The summed E-state index contributed by atoms with van der Waals surface area (Å²) in [5.74, 6) is -0.267. The van der Waals surface area contributed by atoms with Crippen molar-refractivity contribution >= 4 is 17.7 Å². The SMILES string of the molecule is CC(O)C1CCN(C(=O)CCN2C(=O)CCC2=O)C1. The molecule has 19 heavy (non-hydrogen) atoms. The Labute approximate surface area is 112 Å². The number of hydrogen-bond acceptors (Lipinski definition) is 4. The molecule has 3 amide bonds. The molecule has 2 heterocycles. The summed E-state index contributed by atoms with van der Waals surface area (Å²) >= 11 is 0. The first-order valence-corrected chi connectivity index (χ1v) is 6.78. The molecule has 2 aliphatic heterocycles. The minimum atomic E-state index is -0.403. The van der Waals surface area contributed by atoms with Gasteiger partial charge in [-0.25, -0.2) is 0 Å². The number of carbonyl (C=O) groups is 3. The Morgan fingerprint density at radius 1 is 1.37 bits per heavy atom. The van der Waals surface area contributed by atoms with Crippen molar-refractivity contribution in [3.05, 3.63) is 0 Å². The van der Waals surface area contributed by atoms with E-state index >= 15 is 0 Å². The van der Waals surface area contributed by atoms with Crippen LogP contribution in [-0.2, 0) is 14.4 Å². The highest BCUT2D eigenvalue weighted by Gasteiger charge is 2.32. The number of likely N-dealkylation sites (tertiary alicyclic amines) is 2. The van der Waals surface area contributed by atoms with Crippen LogP contribution in [0.3, 0.4) is 0 Å². The maximum Gasteiger partial charge on any atom is 0.229 e. The maximum atomic E-state index is 12.0. The lowest BCUT2D eigenvalue weighted by atomic mass is 10.0. The van der Waals surface area contributed by atoms with Crippen molar-refractivity contribution < 1.29 is 19.5 Å². The van der Waals surface area contributed by atoms with Crippen LogP contribution in [0, 0.1) is 5.92 Å². The molecule has 6 heteroatoms. The van der Waals surface area contributed by atoms with E-state index in [-0.39, 0.29) is 49.4 Å². The van der Waals surface area contributed by atoms with Crippen LogP contribution in [0.15, 0.2) is 0 Å². The molecule has 0 aromatic heterocycles. The lowest BCUT2D eigenvalue weighted by Crippen LogP contribution is -2.36. The van der Waals surface area contributed by atoms with Crippen LogP contribution in [0.1, 0.15) is 32.6 Å². The molecule has 2 fully saturated rings. The second-order valence-corrected chi connectivity index (χ2v) is 5.32. The van der Waals surface area contributed by atoms with E-state index < -0.39 is 6.10 Å². The van der Waals surface area contributed by atoms with E-state index in [1.54, 1.807) is 11.8 Å². The Bertz CT molecular complexity index is 378. The molecule has 2 unspecified atom stereocenters. The van der Waals surface area contributed by atoms with Crippen molar-refractivity contribution in [1.82, 2.24) is 9.80 Å². The predicted octanol–water partition coefficient (Wildman–Crippen LogP) is -0.245. The van der Waals surface area contributed by atoms with Crippen LogP contribution >= 0.6 is 0 Å². The van der Waals surface area contributed by atoms with Gasteiger partial charge < -0.3 is 10.0 Å². The van der Waals surface area contributed by atoms with E-state index in [0.717, 1.165) is 6.42 Å². The van der Waals surface area contributed by atoms with E-state index in [4.69, 9.17) is 0 Å². The second-order valence-electron chi connectivity index (χ2n) is 5.32. The lowest BCUT2D eigenvalue weighted by molar-refractivity contribution is -0.139. The number of aliphatic hydroxyl groups excluding tert-OH is 1. The van der Waals surface area contributed by atoms with Crippen molar-refractivity contribution in [3.63, 3.8) is 0 Å². The molecule has 0 saturated carbocycles. The van der Waals surface area contributed by atoms with E-state index in [2.05, 4.69) is 0 Å². The highest BCUT2D eigenvalue weighted by atomic mass is 16.3. The monoisotopic (exact) mass is 268 g/mol. The fourth-order valence-electron chi connectivity index (χ4n) is 2.65. The van der Waals surface area contributed by atoms with Gasteiger partial charge in [-0.05, 0) is 13.3 Å². The van der Waals surface area contributed by atoms with Gasteiger partial charge in [0.1, 0.15) is 0 Å². The molecule has 0 bridgehead atoms. The number of hydrogen-bond donors (Lipinski definition) is 1. The van der Waals surface area contributed by atoms with E-state index in [9.17, 15) is 19.5 Å². The summed E-state index contributed by atoms with van der Waals surface area (Å²) in [7, 11) is 0. The van der Waals surface area contributed by atoms with Gasteiger partial charge in [0.25, 0.3) is 0 Å². The Morgan fingerprint density at radius 3 is 2.53 bits per heavy atom.